The second-order valence-corrected chi connectivity index (χ2v) is 27.8. The Bertz CT molecular complexity index is 2460. The first kappa shape index (κ1) is 58.4. The Morgan fingerprint density at radius 1 is 0.394 bits per heavy atom. The van der Waals surface area contributed by atoms with Crippen LogP contribution in [0.4, 0.5) is 0 Å². The van der Waals surface area contributed by atoms with E-state index in [4.69, 9.17) is 13.6 Å². The summed E-state index contributed by atoms with van der Waals surface area (Å²) in [6.45, 7) is 58.1. The summed E-state index contributed by atoms with van der Waals surface area (Å²) in [5.74, 6) is 2.74. The predicted octanol–water partition coefficient (Wildman–Crippen LogP) is 20.8. The first-order chi connectivity index (χ1) is 32.6. The molecule has 0 aromatic heterocycles. The standard InChI is InChI=1S/C66H101O4P/c1-26-59(10,11)43-34-47-42(9)48-35-44(60(12,13)27-2)40-53(65(22,23)32-7)57(48)69-71(68-56(47)52(39-43)64(20,21)31-6)70-58-50(37-46(62(16,17)29-4)41-54(58)66(24,25)33-8)49-36-45(61(14,15)28-3)38-51(55(49)67)63(18,19)30-5/h34-42,67H,26-33H2,1-25H3. The molecule has 0 atom stereocenters. The van der Waals surface area contributed by atoms with Crippen molar-refractivity contribution in [2.45, 2.75) is 274 Å². The predicted molar refractivity (Wildman–Crippen MR) is 309 cm³/mol. The van der Waals surface area contributed by atoms with E-state index in [0.717, 1.165) is 90.9 Å². The van der Waals surface area contributed by atoms with Crippen LogP contribution in [0.1, 0.15) is 286 Å². The van der Waals surface area contributed by atoms with Crippen molar-refractivity contribution in [3.05, 3.63) is 104 Å². The highest BCUT2D eigenvalue weighted by atomic mass is 31.2. The SMILES string of the molecule is CCC(C)(C)c1cc(-c2cc(C(C)(C)CC)cc(C(C)(C)CC)c2OP2Oc3c(cc(C(C)(C)CC)cc3C(C)(C)CC)C(C)c3cc(C(C)(C)CC)cc(C(C)(C)CC)c3O2)c(O)c(C(C)(C)CC)c1. The van der Waals surface area contributed by atoms with E-state index in [1.807, 2.05) is 0 Å². The first-order valence-corrected chi connectivity index (χ1v) is 29.0. The molecule has 1 heterocycles. The molecule has 71 heavy (non-hydrogen) atoms. The molecule has 1 aliphatic rings. The van der Waals surface area contributed by atoms with Crippen molar-refractivity contribution >= 4 is 8.60 Å². The second-order valence-electron chi connectivity index (χ2n) is 26.8. The minimum atomic E-state index is -2.18. The van der Waals surface area contributed by atoms with Gasteiger partial charge in [-0.05, 0) is 129 Å². The molecule has 0 spiro atoms. The monoisotopic (exact) mass is 989 g/mol. The van der Waals surface area contributed by atoms with E-state index in [9.17, 15) is 5.11 Å². The fourth-order valence-corrected chi connectivity index (χ4v) is 10.7. The minimum Gasteiger partial charge on any atom is -0.507 e. The summed E-state index contributed by atoms with van der Waals surface area (Å²) in [5, 5.41) is 13.0. The van der Waals surface area contributed by atoms with Gasteiger partial charge in [0.2, 0.25) is 0 Å². The van der Waals surface area contributed by atoms with Gasteiger partial charge < -0.3 is 18.7 Å². The van der Waals surface area contributed by atoms with E-state index in [-0.39, 0.29) is 49.2 Å². The lowest BCUT2D eigenvalue weighted by Gasteiger charge is -2.38. The largest absolute Gasteiger partial charge is 0.530 e. The molecule has 0 aliphatic carbocycles. The number of phenols is 1. The summed E-state index contributed by atoms with van der Waals surface area (Å²) < 4.78 is 23.3. The smallest absolute Gasteiger partial charge is 0.507 e. The lowest BCUT2D eigenvalue weighted by Crippen LogP contribution is -2.26. The maximum Gasteiger partial charge on any atom is 0.530 e. The molecule has 394 valence electrons. The first-order valence-electron chi connectivity index (χ1n) is 27.9. The quantitative estimate of drug-likeness (QED) is 0.0951. The molecule has 4 aromatic carbocycles. The Kier molecular flexibility index (Phi) is 17.0. The van der Waals surface area contributed by atoms with Crippen LogP contribution in [0.3, 0.4) is 0 Å². The van der Waals surface area contributed by atoms with Gasteiger partial charge in [0.25, 0.3) is 0 Å². The highest BCUT2D eigenvalue weighted by molar-refractivity contribution is 7.43. The summed E-state index contributed by atoms with van der Waals surface area (Å²) >= 11 is 0. The van der Waals surface area contributed by atoms with E-state index in [1.165, 1.54) is 44.5 Å². The van der Waals surface area contributed by atoms with Crippen molar-refractivity contribution in [1.29, 1.82) is 0 Å². The van der Waals surface area contributed by atoms with Crippen molar-refractivity contribution < 1.29 is 18.7 Å². The van der Waals surface area contributed by atoms with Crippen LogP contribution in [-0.2, 0) is 43.3 Å². The van der Waals surface area contributed by atoms with Crippen LogP contribution in [0.5, 0.6) is 23.0 Å². The topological polar surface area (TPSA) is 47.9 Å². The summed E-state index contributed by atoms with van der Waals surface area (Å²) in [5.41, 5.74) is 12.1. The van der Waals surface area contributed by atoms with Crippen molar-refractivity contribution in [2.75, 3.05) is 0 Å². The highest BCUT2D eigenvalue weighted by Gasteiger charge is 2.42. The summed E-state index contributed by atoms with van der Waals surface area (Å²) in [4.78, 5) is 0. The lowest BCUT2D eigenvalue weighted by atomic mass is 9.72. The van der Waals surface area contributed by atoms with E-state index in [0.29, 0.717) is 5.75 Å². The van der Waals surface area contributed by atoms with E-state index in [1.54, 1.807) is 0 Å². The highest BCUT2D eigenvalue weighted by Crippen LogP contribution is 2.60. The van der Waals surface area contributed by atoms with Gasteiger partial charge in [0.15, 0.2) is 0 Å². The van der Waals surface area contributed by atoms with Crippen molar-refractivity contribution in [2.24, 2.45) is 0 Å². The van der Waals surface area contributed by atoms with Gasteiger partial charge in [-0.15, -0.1) is 0 Å². The molecular weight excluding hydrogens is 888 g/mol. The Morgan fingerprint density at radius 2 is 0.676 bits per heavy atom. The third-order valence-corrected chi connectivity index (χ3v) is 20.3. The maximum atomic E-state index is 13.0. The van der Waals surface area contributed by atoms with Gasteiger partial charge in [-0.3, -0.25) is 0 Å². The van der Waals surface area contributed by atoms with E-state index < -0.39 is 8.60 Å². The van der Waals surface area contributed by atoms with Gasteiger partial charge in [-0.1, -0.05) is 209 Å². The Hall–Kier alpha value is -3.49. The van der Waals surface area contributed by atoms with Gasteiger partial charge in [0.1, 0.15) is 23.0 Å². The van der Waals surface area contributed by atoms with Crippen LogP contribution >= 0.6 is 8.60 Å². The van der Waals surface area contributed by atoms with Crippen LogP contribution in [0.2, 0.25) is 0 Å². The van der Waals surface area contributed by atoms with Crippen LogP contribution in [-0.4, -0.2) is 5.11 Å². The fraction of sp³-hybridized carbons (Fsp3) is 0.636. The third kappa shape index (κ3) is 11.3. The summed E-state index contributed by atoms with van der Waals surface area (Å²) in [7, 11) is -2.18. The van der Waals surface area contributed by atoms with E-state index in [2.05, 4.69) is 222 Å². The number of fused-ring (bicyclic) bond motifs is 2. The van der Waals surface area contributed by atoms with Crippen LogP contribution in [0.15, 0.2) is 48.5 Å². The van der Waals surface area contributed by atoms with Crippen LogP contribution < -0.4 is 13.6 Å². The third-order valence-electron chi connectivity index (χ3n) is 19.3. The minimum absolute atomic E-state index is 0.0437. The molecule has 0 saturated heterocycles. The molecule has 0 fully saturated rings. The molecule has 4 nitrogen and oxygen atoms in total. The second kappa shape index (κ2) is 20.7. The fourth-order valence-electron chi connectivity index (χ4n) is 9.53. The molecule has 0 saturated carbocycles. The zero-order chi connectivity index (χ0) is 53.8. The van der Waals surface area contributed by atoms with Crippen molar-refractivity contribution in [3.8, 4) is 34.1 Å². The Labute approximate surface area is 437 Å². The molecule has 1 N–H and O–H groups in total. The summed E-state index contributed by atoms with van der Waals surface area (Å²) in [6, 6.07) is 19.1. The molecule has 0 amide bonds. The zero-order valence-electron chi connectivity index (χ0n) is 50.0. The number of benzene rings is 4. The Balaban J connectivity index is 2.07. The lowest BCUT2D eigenvalue weighted by molar-refractivity contribution is 0.356. The molecule has 5 rings (SSSR count). The van der Waals surface area contributed by atoms with Crippen LogP contribution in [0, 0.1) is 0 Å². The average Bonchev–Trinajstić information content (AvgIpc) is 3.32. The normalized spacial score (nSPS) is 16.4. The molecule has 0 bridgehead atoms. The summed E-state index contributed by atoms with van der Waals surface area (Å²) in [6.07, 6.45) is 7.54. The molecule has 1 aliphatic heterocycles. The van der Waals surface area contributed by atoms with Gasteiger partial charge in [-0.25, -0.2) is 0 Å². The maximum absolute atomic E-state index is 13.0. The number of aromatic hydroxyl groups is 1. The number of hydrogen-bond acceptors (Lipinski definition) is 4. The number of rotatable bonds is 19. The van der Waals surface area contributed by atoms with Crippen molar-refractivity contribution in [1.82, 2.24) is 0 Å². The van der Waals surface area contributed by atoms with Gasteiger partial charge in [0.05, 0.1) is 0 Å². The van der Waals surface area contributed by atoms with Gasteiger partial charge in [-0.2, -0.15) is 0 Å². The average molecular weight is 990 g/mol. The van der Waals surface area contributed by atoms with Crippen LogP contribution in [0.25, 0.3) is 11.1 Å². The van der Waals surface area contributed by atoms with Gasteiger partial charge in [0, 0.05) is 50.4 Å². The number of hydrogen-bond donors (Lipinski definition) is 1. The van der Waals surface area contributed by atoms with Crippen molar-refractivity contribution in [3.63, 3.8) is 0 Å². The molecule has 5 heteroatoms. The number of phenolic OH excluding ortho intramolecular Hbond substituents is 1. The zero-order valence-corrected chi connectivity index (χ0v) is 50.9. The molecule has 0 radical (unpaired) electrons. The molecule has 4 aromatic rings. The van der Waals surface area contributed by atoms with E-state index >= 15 is 0 Å². The Morgan fingerprint density at radius 3 is 1.03 bits per heavy atom. The van der Waals surface area contributed by atoms with Gasteiger partial charge >= 0.3 is 8.60 Å². The molecule has 0 unspecified atom stereocenters. The molecular formula is C66H101O4P.